The van der Waals surface area contributed by atoms with Crippen molar-refractivity contribution in [1.82, 2.24) is 15.3 Å². The van der Waals surface area contributed by atoms with Crippen LogP contribution in [-0.2, 0) is 10.8 Å². The Kier molecular flexibility index (Phi) is 7.15. The van der Waals surface area contributed by atoms with Gasteiger partial charge in [0.1, 0.15) is 10.8 Å². The SMILES string of the molecule is CCNC(=O)Nc1cc(-c2nc(C(F)(F)F)cs2)c([B]OC(C)(C)C(C)(C)O)cn1. The molecule has 30 heavy (non-hydrogen) atoms. The molecule has 2 rings (SSSR count). The van der Waals surface area contributed by atoms with E-state index in [9.17, 15) is 23.1 Å². The summed E-state index contributed by atoms with van der Waals surface area (Å²) in [5.74, 6) is 0.138. The monoisotopic (exact) mass is 443 g/mol. The van der Waals surface area contributed by atoms with Gasteiger partial charge in [0.05, 0.1) is 11.2 Å². The van der Waals surface area contributed by atoms with Crippen LogP contribution in [0.4, 0.5) is 23.8 Å². The van der Waals surface area contributed by atoms with Gasteiger partial charge in [0.15, 0.2) is 5.69 Å². The van der Waals surface area contributed by atoms with Gasteiger partial charge in [-0.3, -0.25) is 5.32 Å². The predicted octanol–water partition coefficient (Wildman–Crippen LogP) is 3.18. The minimum atomic E-state index is -4.58. The number of aromatic nitrogens is 2. The van der Waals surface area contributed by atoms with Gasteiger partial charge in [-0.25, -0.2) is 14.8 Å². The third kappa shape index (κ3) is 5.93. The molecule has 0 aromatic carbocycles. The zero-order valence-electron chi connectivity index (χ0n) is 17.2. The molecule has 2 aromatic rings. The highest BCUT2D eigenvalue weighted by molar-refractivity contribution is 7.13. The molecule has 163 valence electrons. The van der Waals surface area contributed by atoms with Crippen LogP contribution in [0.1, 0.15) is 40.3 Å². The van der Waals surface area contributed by atoms with Crippen LogP contribution in [0.15, 0.2) is 17.6 Å². The van der Waals surface area contributed by atoms with Crippen molar-refractivity contribution in [2.45, 2.75) is 52.0 Å². The molecule has 0 saturated heterocycles. The summed E-state index contributed by atoms with van der Waals surface area (Å²) in [5, 5.41) is 16.3. The van der Waals surface area contributed by atoms with Gasteiger partial charge in [-0.2, -0.15) is 13.2 Å². The molecule has 0 unspecified atom stereocenters. The Hall–Kier alpha value is -2.18. The van der Waals surface area contributed by atoms with Crippen LogP contribution in [0, 0.1) is 0 Å². The molecule has 0 bridgehead atoms. The molecule has 0 saturated carbocycles. The first-order valence-electron chi connectivity index (χ1n) is 9.06. The maximum atomic E-state index is 13.0. The maximum Gasteiger partial charge on any atom is 0.434 e. The van der Waals surface area contributed by atoms with Crippen LogP contribution in [0.3, 0.4) is 0 Å². The summed E-state index contributed by atoms with van der Waals surface area (Å²) in [6.45, 7) is 8.64. The Morgan fingerprint density at radius 3 is 2.50 bits per heavy atom. The Bertz CT molecular complexity index is 898. The molecular formula is C18H23BF3N4O3S. The van der Waals surface area contributed by atoms with E-state index < -0.39 is 29.1 Å². The lowest BCUT2D eigenvalue weighted by Gasteiger charge is -2.37. The summed E-state index contributed by atoms with van der Waals surface area (Å²) in [6.07, 6.45) is -3.22. The number of nitrogens with one attached hydrogen (secondary N) is 2. The van der Waals surface area contributed by atoms with Crippen LogP contribution < -0.4 is 16.1 Å². The Labute approximate surface area is 177 Å². The highest BCUT2D eigenvalue weighted by Gasteiger charge is 2.37. The maximum absolute atomic E-state index is 13.0. The van der Waals surface area contributed by atoms with E-state index >= 15 is 0 Å². The molecule has 0 aliphatic heterocycles. The second kappa shape index (κ2) is 8.90. The fourth-order valence-corrected chi connectivity index (χ4v) is 2.88. The average molecular weight is 443 g/mol. The smallest absolute Gasteiger partial charge is 0.427 e. The van der Waals surface area contributed by atoms with Crippen LogP contribution in [0.2, 0.25) is 0 Å². The summed E-state index contributed by atoms with van der Waals surface area (Å²) in [5.41, 5.74) is -2.56. The van der Waals surface area contributed by atoms with E-state index in [-0.39, 0.29) is 10.8 Å². The fraction of sp³-hybridized carbons (Fsp3) is 0.500. The second-order valence-electron chi connectivity index (χ2n) is 7.48. The molecule has 0 aliphatic rings. The first kappa shape index (κ1) is 24.1. The van der Waals surface area contributed by atoms with E-state index in [2.05, 4.69) is 20.6 Å². The summed E-state index contributed by atoms with van der Waals surface area (Å²) in [6, 6.07) is 0.919. The molecule has 2 amide bonds. The van der Waals surface area contributed by atoms with E-state index in [4.69, 9.17) is 4.65 Å². The largest absolute Gasteiger partial charge is 0.434 e. The number of nitrogens with zero attached hydrogens (tertiary/aromatic N) is 2. The predicted molar refractivity (Wildman–Crippen MR) is 110 cm³/mol. The number of urea groups is 1. The summed E-state index contributed by atoms with van der Waals surface area (Å²) >= 11 is 0.808. The highest BCUT2D eigenvalue weighted by atomic mass is 32.1. The summed E-state index contributed by atoms with van der Waals surface area (Å²) in [4.78, 5) is 19.6. The molecule has 7 nitrogen and oxygen atoms in total. The van der Waals surface area contributed by atoms with Crippen LogP contribution >= 0.6 is 11.3 Å². The van der Waals surface area contributed by atoms with Gasteiger partial charge in [0.2, 0.25) is 0 Å². The zero-order chi connectivity index (χ0) is 22.7. The number of alkyl halides is 3. The van der Waals surface area contributed by atoms with E-state index in [0.29, 0.717) is 17.6 Å². The minimum absolute atomic E-state index is 0.0830. The van der Waals surface area contributed by atoms with E-state index in [1.807, 2.05) is 0 Å². The van der Waals surface area contributed by atoms with Crippen molar-refractivity contribution in [3.8, 4) is 10.6 Å². The topological polar surface area (TPSA) is 96.4 Å². The van der Waals surface area contributed by atoms with Crippen molar-refractivity contribution >= 4 is 36.1 Å². The zero-order valence-corrected chi connectivity index (χ0v) is 18.0. The van der Waals surface area contributed by atoms with Gasteiger partial charge in [0, 0.05) is 23.7 Å². The Balaban J connectivity index is 2.41. The van der Waals surface area contributed by atoms with Gasteiger partial charge in [0.25, 0.3) is 0 Å². The van der Waals surface area contributed by atoms with Crippen molar-refractivity contribution in [3.63, 3.8) is 0 Å². The number of anilines is 1. The lowest BCUT2D eigenvalue weighted by molar-refractivity contribution is -0.140. The normalized spacial score (nSPS) is 12.6. The Morgan fingerprint density at radius 1 is 1.30 bits per heavy atom. The molecule has 2 aromatic heterocycles. The van der Waals surface area contributed by atoms with E-state index in [0.717, 1.165) is 16.7 Å². The van der Waals surface area contributed by atoms with Gasteiger partial charge < -0.3 is 15.1 Å². The van der Waals surface area contributed by atoms with Crippen molar-refractivity contribution < 1.29 is 27.7 Å². The number of carbonyl (C=O) groups excluding carboxylic acids is 1. The lowest BCUT2D eigenvalue weighted by atomic mass is 9.81. The van der Waals surface area contributed by atoms with Crippen molar-refractivity contribution in [1.29, 1.82) is 0 Å². The molecule has 3 N–H and O–H groups in total. The molecule has 2 heterocycles. The van der Waals surface area contributed by atoms with E-state index in [1.54, 1.807) is 34.6 Å². The standard InChI is InChI=1S/C18H23BF3N4O3S/c1-6-23-15(27)26-13-7-10(14-25-12(9-30-14)18(20,21)22)11(8-24-13)19-29-17(4,5)16(2,3)28/h7-9,28H,6H2,1-5H3,(H2,23,24,26,27). The number of aliphatic hydroxyl groups is 1. The van der Waals surface area contributed by atoms with Gasteiger partial charge in [-0.1, -0.05) is 0 Å². The molecular weight excluding hydrogens is 420 g/mol. The van der Waals surface area contributed by atoms with E-state index in [1.165, 1.54) is 19.7 Å². The number of carbonyl (C=O) groups is 1. The number of hydrogen-bond donors (Lipinski definition) is 3. The summed E-state index contributed by atoms with van der Waals surface area (Å²) < 4.78 is 44.7. The number of amides is 2. The van der Waals surface area contributed by atoms with Crippen LogP contribution in [-0.4, -0.2) is 46.3 Å². The first-order valence-corrected chi connectivity index (χ1v) is 9.94. The average Bonchev–Trinajstić information content (AvgIpc) is 3.10. The molecule has 1 radical (unpaired) electrons. The minimum Gasteiger partial charge on any atom is -0.427 e. The molecule has 0 aliphatic carbocycles. The number of thiazole rings is 1. The second-order valence-corrected chi connectivity index (χ2v) is 8.34. The molecule has 0 fully saturated rings. The first-order chi connectivity index (χ1) is 13.7. The van der Waals surface area contributed by atoms with Gasteiger partial charge in [-0.15, -0.1) is 11.3 Å². The quantitative estimate of drug-likeness (QED) is 0.572. The third-order valence-electron chi connectivity index (χ3n) is 4.49. The van der Waals surface area contributed by atoms with Gasteiger partial charge >= 0.3 is 19.7 Å². The van der Waals surface area contributed by atoms with Crippen molar-refractivity contribution in [3.05, 3.63) is 23.3 Å². The molecule has 0 spiro atoms. The Morgan fingerprint density at radius 2 is 1.97 bits per heavy atom. The lowest BCUT2D eigenvalue weighted by Crippen LogP contribution is -2.49. The van der Waals surface area contributed by atoms with Crippen molar-refractivity contribution in [2.75, 3.05) is 11.9 Å². The third-order valence-corrected chi connectivity index (χ3v) is 5.37. The van der Waals surface area contributed by atoms with Crippen LogP contribution in [0.25, 0.3) is 10.6 Å². The number of pyridine rings is 1. The number of rotatable bonds is 7. The molecule has 0 atom stereocenters. The van der Waals surface area contributed by atoms with Gasteiger partial charge in [-0.05, 0) is 46.1 Å². The fourth-order valence-electron chi connectivity index (χ4n) is 2.02. The highest BCUT2D eigenvalue weighted by Crippen LogP contribution is 2.33. The van der Waals surface area contributed by atoms with Crippen molar-refractivity contribution in [2.24, 2.45) is 0 Å². The van der Waals surface area contributed by atoms with Crippen LogP contribution in [0.5, 0.6) is 0 Å². The molecule has 12 heteroatoms. The number of halogens is 3. The number of hydrogen-bond acceptors (Lipinski definition) is 6. The summed E-state index contributed by atoms with van der Waals surface area (Å²) in [7, 11) is 1.31.